The molecule has 0 radical (unpaired) electrons. The maximum Gasteiger partial charge on any atom is 0.442 e. The van der Waals surface area contributed by atoms with Gasteiger partial charge in [-0.25, -0.2) is 14.0 Å². The van der Waals surface area contributed by atoms with E-state index in [9.17, 15) is 18.9 Å². The molecule has 1 heterocycles. The van der Waals surface area contributed by atoms with E-state index in [1.54, 1.807) is 55.6 Å². The van der Waals surface area contributed by atoms with Crippen molar-refractivity contribution in [1.29, 1.82) is 0 Å². The second-order valence-electron chi connectivity index (χ2n) is 8.06. The van der Waals surface area contributed by atoms with E-state index >= 15 is 0 Å². The molecule has 0 saturated heterocycles. The molecule has 3 aromatic rings. The highest BCUT2D eigenvalue weighted by Crippen LogP contribution is 2.29. The molecule has 0 spiro atoms. The van der Waals surface area contributed by atoms with Gasteiger partial charge in [-0.15, -0.1) is 4.36 Å². The Kier molecular flexibility index (Phi) is 10.3. The first-order valence-electron chi connectivity index (χ1n) is 11.2. The summed E-state index contributed by atoms with van der Waals surface area (Å²) in [6.07, 6.45) is 2.13. The Morgan fingerprint density at radius 1 is 1.19 bits per heavy atom. The number of anilines is 3. The molecule has 0 bridgehead atoms. The number of nitrogens with one attached hydrogen (secondary N) is 2. The van der Waals surface area contributed by atoms with Crippen LogP contribution in [0.25, 0.3) is 11.1 Å². The van der Waals surface area contributed by atoms with Crippen molar-refractivity contribution in [2.75, 3.05) is 30.1 Å². The van der Waals surface area contributed by atoms with E-state index in [-0.39, 0.29) is 38.4 Å². The number of hydrogen-bond acceptors (Lipinski definition) is 9. The van der Waals surface area contributed by atoms with Crippen molar-refractivity contribution in [3.63, 3.8) is 0 Å². The van der Waals surface area contributed by atoms with Gasteiger partial charge in [0.25, 0.3) is 0 Å². The zero-order chi connectivity index (χ0) is 26.3. The number of ether oxygens (including phenoxy) is 1. The van der Waals surface area contributed by atoms with Crippen LogP contribution in [-0.2, 0) is 14.5 Å². The molecule has 1 amide bonds. The first-order valence-corrected chi connectivity index (χ1v) is 13.2. The van der Waals surface area contributed by atoms with Gasteiger partial charge in [0.15, 0.2) is 5.78 Å². The largest absolute Gasteiger partial charge is 0.448 e. The summed E-state index contributed by atoms with van der Waals surface area (Å²) in [5, 5.41) is 15.8. The van der Waals surface area contributed by atoms with Gasteiger partial charge in [-0.1, -0.05) is 25.6 Å². The highest BCUT2D eigenvalue weighted by molar-refractivity contribution is 7.93. The van der Waals surface area contributed by atoms with Crippen molar-refractivity contribution in [2.45, 2.75) is 39.1 Å². The SMILES string of the molecule is C.CCOC(=O)N=S(C)(=O)c1ccc(Nc2ncc(-c3cccc(C(C)=O)c3)c(N[C@H](C)CO)n2)cc1. The summed E-state index contributed by atoms with van der Waals surface area (Å²) >= 11 is 0. The number of Topliss-reactive ketones (excluding diaryl/α,β-unsaturated/α-hetero) is 1. The Morgan fingerprint density at radius 2 is 1.89 bits per heavy atom. The normalized spacial score (nSPS) is 12.9. The van der Waals surface area contributed by atoms with Gasteiger partial charge in [-0.2, -0.15) is 4.98 Å². The fourth-order valence-electron chi connectivity index (χ4n) is 3.21. The lowest BCUT2D eigenvalue weighted by molar-refractivity contribution is 0.101. The van der Waals surface area contributed by atoms with E-state index in [4.69, 9.17) is 4.74 Å². The van der Waals surface area contributed by atoms with Gasteiger partial charge in [-0.3, -0.25) is 4.79 Å². The van der Waals surface area contributed by atoms with Gasteiger partial charge in [0, 0.05) is 40.2 Å². The number of aliphatic hydroxyl groups excluding tert-OH is 1. The minimum Gasteiger partial charge on any atom is -0.448 e. The number of aromatic nitrogens is 2. The lowest BCUT2D eigenvalue weighted by atomic mass is 10.0. The third-order valence-corrected chi connectivity index (χ3v) is 6.73. The number of amides is 1. The van der Waals surface area contributed by atoms with Gasteiger partial charge in [-0.05, 0) is 56.7 Å². The molecule has 198 valence electrons. The van der Waals surface area contributed by atoms with Crippen LogP contribution < -0.4 is 10.6 Å². The van der Waals surface area contributed by atoms with Crippen molar-refractivity contribution in [3.8, 4) is 11.1 Å². The molecule has 11 heteroatoms. The van der Waals surface area contributed by atoms with Crippen LogP contribution in [-0.4, -0.2) is 56.7 Å². The van der Waals surface area contributed by atoms with Crippen LogP contribution >= 0.6 is 0 Å². The third kappa shape index (κ3) is 7.83. The molecule has 0 saturated carbocycles. The lowest BCUT2D eigenvalue weighted by Crippen LogP contribution is -2.21. The Balaban J connectivity index is 0.00000481. The van der Waals surface area contributed by atoms with Crippen LogP contribution in [0.1, 0.15) is 38.6 Å². The number of nitrogens with zero attached hydrogens (tertiary/aromatic N) is 3. The van der Waals surface area contributed by atoms with Crippen molar-refractivity contribution >= 4 is 39.1 Å². The lowest BCUT2D eigenvalue weighted by Gasteiger charge is -2.17. The van der Waals surface area contributed by atoms with Gasteiger partial charge in [0.05, 0.1) is 22.9 Å². The summed E-state index contributed by atoms with van der Waals surface area (Å²) in [7, 11) is -2.96. The fraction of sp³-hybridized carbons (Fsp3) is 0.308. The predicted molar refractivity (Wildman–Crippen MR) is 146 cm³/mol. The topological polar surface area (TPSA) is 143 Å². The number of ketones is 1. The van der Waals surface area contributed by atoms with Crippen molar-refractivity contribution < 1.29 is 23.6 Å². The van der Waals surface area contributed by atoms with E-state index < -0.39 is 15.8 Å². The highest BCUT2D eigenvalue weighted by atomic mass is 32.2. The van der Waals surface area contributed by atoms with Gasteiger partial charge >= 0.3 is 6.09 Å². The second kappa shape index (κ2) is 12.9. The average Bonchev–Trinajstić information content (AvgIpc) is 2.84. The van der Waals surface area contributed by atoms with Crippen LogP contribution in [0.2, 0.25) is 0 Å². The molecule has 0 aliphatic rings. The molecule has 1 unspecified atom stereocenters. The monoisotopic (exact) mass is 527 g/mol. The van der Waals surface area contributed by atoms with Crippen LogP contribution in [0.3, 0.4) is 0 Å². The zero-order valence-corrected chi connectivity index (χ0v) is 21.3. The molecule has 2 atom stereocenters. The minimum absolute atomic E-state index is 0. The average molecular weight is 528 g/mol. The second-order valence-corrected chi connectivity index (χ2v) is 10.3. The van der Waals surface area contributed by atoms with Gasteiger partial charge in [0.1, 0.15) is 5.82 Å². The van der Waals surface area contributed by atoms with Crippen LogP contribution in [0.15, 0.2) is 64.0 Å². The molecule has 10 nitrogen and oxygen atoms in total. The molecule has 3 N–H and O–H groups in total. The Morgan fingerprint density at radius 3 is 2.51 bits per heavy atom. The van der Waals surface area contributed by atoms with Crippen LogP contribution in [0.5, 0.6) is 0 Å². The Bertz CT molecular complexity index is 1370. The van der Waals surface area contributed by atoms with Gasteiger partial charge in [0.2, 0.25) is 5.95 Å². The standard InChI is InChI=1S/C25H29N5O5S.CH4/c1-5-35-25(33)30-36(4,34)21-11-9-20(10-12-21)28-24-26-14-22(23(29-24)27-16(2)15-31)19-8-6-7-18(13-19)17(3)32;/h6-14,16,31H,5,15H2,1-4H3,(H2,26,27,28,29);1H4/t16-,36?;/m1./s1. The highest BCUT2D eigenvalue weighted by Gasteiger charge is 2.14. The first kappa shape index (κ1) is 29.4. The number of rotatable bonds is 9. The van der Waals surface area contributed by atoms with E-state index in [0.717, 1.165) is 5.56 Å². The van der Waals surface area contributed by atoms with E-state index in [1.807, 2.05) is 13.0 Å². The summed E-state index contributed by atoms with van der Waals surface area (Å²) in [4.78, 5) is 32.8. The van der Waals surface area contributed by atoms with E-state index in [0.29, 0.717) is 27.5 Å². The molecule has 1 aromatic heterocycles. The third-order valence-electron chi connectivity index (χ3n) is 5.09. The summed E-state index contributed by atoms with van der Waals surface area (Å²) in [5.41, 5.74) is 2.62. The molecule has 0 aliphatic heterocycles. The minimum atomic E-state index is -2.96. The summed E-state index contributed by atoms with van der Waals surface area (Å²) in [6, 6.07) is 13.4. The van der Waals surface area contributed by atoms with Crippen molar-refractivity contribution in [2.24, 2.45) is 4.36 Å². The van der Waals surface area contributed by atoms with Gasteiger partial charge < -0.3 is 20.5 Å². The van der Waals surface area contributed by atoms with Crippen LogP contribution in [0.4, 0.5) is 22.2 Å². The van der Waals surface area contributed by atoms with E-state index in [2.05, 4.69) is 25.0 Å². The molecule has 37 heavy (non-hydrogen) atoms. The van der Waals surface area contributed by atoms with Crippen LogP contribution in [0, 0.1) is 0 Å². The zero-order valence-electron chi connectivity index (χ0n) is 20.5. The number of aliphatic hydroxyl groups is 1. The predicted octanol–water partition coefficient (Wildman–Crippen LogP) is 5.13. The molecule has 0 fully saturated rings. The Hall–Kier alpha value is -3.83. The maximum atomic E-state index is 12.8. The smallest absolute Gasteiger partial charge is 0.442 e. The molecule has 0 aliphatic carbocycles. The van der Waals surface area contributed by atoms with E-state index in [1.165, 1.54) is 13.2 Å². The van der Waals surface area contributed by atoms with Crippen molar-refractivity contribution in [3.05, 3.63) is 60.3 Å². The summed E-state index contributed by atoms with van der Waals surface area (Å²) in [5.74, 6) is 0.718. The number of carbonyl (C=O) groups excluding carboxylic acids is 2. The number of benzene rings is 2. The number of carbonyl (C=O) groups is 2. The molecule has 2 aromatic carbocycles. The van der Waals surface area contributed by atoms with Crippen molar-refractivity contribution in [1.82, 2.24) is 9.97 Å². The Labute approximate surface area is 217 Å². The number of hydrogen-bond donors (Lipinski definition) is 3. The summed E-state index contributed by atoms with van der Waals surface area (Å²) in [6.45, 7) is 5.01. The molecular weight excluding hydrogens is 494 g/mol. The maximum absolute atomic E-state index is 12.8. The summed E-state index contributed by atoms with van der Waals surface area (Å²) < 4.78 is 21.2. The fourth-order valence-corrected chi connectivity index (χ4v) is 4.30. The molecule has 3 rings (SSSR count). The first-order chi connectivity index (χ1) is 17.1. The molecular formula is C26H33N5O5S. The quantitative estimate of drug-likeness (QED) is 0.323.